The van der Waals surface area contributed by atoms with E-state index < -0.39 is 21.7 Å². The SMILES string of the molecule is CS(=O)(=O)NCCCNCc1ccc(F)cc1F. The first kappa shape index (κ1) is 15.0. The first-order chi connectivity index (χ1) is 8.38. The Morgan fingerprint density at radius 2 is 1.94 bits per heavy atom. The molecule has 0 spiro atoms. The Morgan fingerprint density at radius 3 is 2.56 bits per heavy atom. The van der Waals surface area contributed by atoms with Crippen molar-refractivity contribution in [1.29, 1.82) is 0 Å². The summed E-state index contributed by atoms with van der Waals surface area (Å²) in [5.74, 6) is -1.19. The summed E-state index contributed by atoms with van der Waals surface area (Å²) in [6.07, 6.45) is 1.68. The van der Waals surface area contributed by atoms with Crippen LogP contribution in [0.15, 0.2) is 18.2 Å². The van der Waals surface area contributed by atoms with E-state index >= 15 is 0 Å². The summed E-state index contributed by atoms with van der Waals surface area (Å²) in [5, 5.41) is 2.95. The zero-order valence-electron chi connectivity index (χ0n) is 10.0. The number of benzene rings is 1. The lowest BCUT2D eigenvalue weighted by molar-refractivity contribution is 0.555. The minimum absolute atomic E-state index is 0.283. The highest BCUT2D eigenvalue weighted by atomic mass is 32.2. The molecule has 1 aromatic rings. The molecule has 0 atom stereocenters. The third kappa shape index (κ3) is 6.04. The highest BCUT2D eigenvalue weighted by Crippen LogP contribution is 2.08. The molecule has 0 saturated carbocycles. The number of halogens is 2. The van der Waals surface area contributed by atoms with Crippen LogP contribution >= 0.6 is 0 Å². The van der Waals surface area contributed by atoms with Gasteiger partial charge in [0.25, 0.3) is 0 Å². The van der Waals surface area contributed by atoms with Crippen molar-refractivity contribution < 1.29 is 17.2 Å². The van der Waals surface area contributed by atoms with E-state index in [1.54, 1.807) is 0 Å². The molecule has 0 bridgehead atoms. The van der Waals surface area contributed by atoms with E-state index in [1.165, 1.54) is 12.1 Å². The van der Waals surface area contributed by atoms with Crippen LogP contribution in [0.5, 0.6) is 0 Å². The van der Waals surface area contributed by atoms with Gasteiger partial charge in [-0.2, -0.15) is 0 Å². The molecule has 0 fully saturated rings. The van der Waals surface area contributed by atoms with E-state index in [4.69, 9.17) is 0 Å². The number of sulfonamides is 1. The quantitative estimate of drug-likeness (QED) is 0.731. The van der Waals surface area contributed by atoms with Gasteiger partial charge in [0.05, 0.1) is 6.26 Å². The van der Waals surface area contributed by atoms with Gasteiger partial charge in [0.15, 0.2) is 0 Å². The average molecular weight is 278 g/mol. The van der Waals surface area contributed by atoms with Crippen molar-refractivity contribution in [3.05, 3.63) is 35.4 Å². The molecule has 7 heteroatoms. The van der Waals surface area contributed by atoms with E-state index in [1.807, 2.05) is 0 Å². The van der Waals surface area contributed by atoms with Crippen LogP contribution in [0.4, 0.5) is 8.78 Å². The topological polar surface area (TPSA) is 58.2 Å². The summed E-state index contributed by atoms with van der Waals surface area (Å²) in [4.78, 5) is 0. The molecular formula is C11H16F2N2O2S. The summed E-state index contributed by atoms with van der Waals surface area (Å²) in [7, 11) is -3.15. The summed E-state index contributed by atoms with van der Waals surface area (Å²) in [6, 6.07) is 3.42. The Hall–Kier alpha value is -1.05. The second-order valence-electron chi connectivity index (χ2n) is 3.93. The molecule has 18 heavy (non-hydrogen) atoms. The van der Waals surface area contributed by atoms with Crippen LogP contribution in [0.3, 0.4) is 0 Å². The number of hydrogen-bond acceptors (Lipinski definition) is 3. The van der Waals surface area contributed by atoms with Crippen LogP contribution in [0.25, 0.3) is 0 Å². The monoisotopic (exact) mass is 278 g/mol. The van der Waals surface area contributed by atoms with Crippen molar-refractivity contribution in [1.82, 2.24) is 10.0 Å². The van der Waals surface area contributed by atoms with E-state index in [2.05, 4.69) is 10.0 Å². The van der Waals surface area contributed by atoms with E-state index in [9.17, 15) is 17.2 Å². The van der Waals surface area contributed by atoms with Gasteiger partial charge in [0.1, 0.15) is 11.6 Å². The minimum Gasteiger partial charge on any atom is -0.313 e. The highest BCUT2D eigenvalue weighted by molar-refractivity contribution is 7.88. The van der Waals surface area contributed by atoms with Gasteiger partial charge in [-0.1, -0.05) is 6.07 Å². The molecule has 0 saturated heterocycles. The standard InChI is InChI=1S/C11H16F2N2O2S/c1-18(16,17)15-6-2-5-14-8-9-3-4-10(12)7-11(9)13/h3-4,7,14-15H,2,5-6,8H2,1H3. The largest absolute Gasteiger partial charge is 0.313 e. The number of rotatable bonds is 7. The van der Waals surface area contributed by atoms with E-state index in [0.717, 1.165) is 12.3 Å². The number of hydrogen-bond donors (Lipinski definition) is 2. The summed E-state index contributed by atoms with van der Waals surface area (Å²) >= 11 is 0. The van der Waals surface area contributed by atoms with E-state index in [0.29, 0.717) is 25.1 Å². The lowest BCUT2D eigenvalue weighted by Crippen LogP contribution is -2.26. The molecular weight excluding hydrogens is 262 g/mol. The van der Waals surface area contributed by atoms with Gasteiger partial charge in [-0.15, -0.1) is 0 Å². The van der Waals surface area contributed by atoms with Gasteiger partial charge in [-0.3, -0.25) is 0 Å². The second-order valence-corrected chi connectivity index (χ2v) is 5.77. The van der Waals surface area contributed by atoms with Crippen LogP contribution in [0, 0.1) is 11.6 Å². The van der Waals surface area contributed by atoms with E-state index in [-0.39, 0.29) is 6.54 Å². The molecule has 0 radical (unpaired) electrons. The van der Waals surface area contributed by atoms with Gasteiger partial charge >= 0.3 is 0 Å². The molecule has 4 nitrogen and oxygen atoms in total. The lowest BCUT2D eigenvalue weighted by Gasteiger charge is -2.06. The molecule has 102 valence electrons. The molecule has 1 rings (SSSR count). The fourth-order valence-corrected chi connectivity index (χ4v) is 1.87. The maximum Gasteiger partial charge on any atom is 0.208 e. The first-order valence-electron chi connectivity index (χ1n) is 5.48. The van der Waals surface area contributed by atoms with Crippen LogP contribution in [-0.2, 0) is 16.6 Å². The second kappa shape index (κ2) is 6.77. The van der Waals surface area contributed by atoms with Crippen LogP contribution in [0.2, 0.25) is 0 Å². The minimum atomic E-state index is -3.15. The molecule has 0 heterocycles. The normalized spacial score (nSPS) is 11.7. The van der Waals surface area contributed by atoms with Gasteiger partial charge in [-0.25, -0.2) is 21.9 Å². The maximum absolute atomic E-state index is 13.2. The fraction of sp³-hybridized carbons (Fsp3) is 0.455. The predicted molar refractivity (Wildman–Crippen MR) is 65.5 cm³/mol. The van der Waals surface area contributed by atoms with Crippen molar-refractivity contribution in [2.45, 2.75) is 13.0 Å². The zero-order chi connectivity index (χ0) is 13.6. The van der Waals surface area contributed by atoms with Gasteiger partial charge in [0.2, 0.25) is 10.0 Å². The molecule has 0 aliphatic rings. The van der Waals surface area contributed by atoms with Crippen LogP contribution in [-0.4, -0.2) is 27.8 Å². The zero-order valence-corrected chi connectivity index (χ0v) is 10.9. The molecule has 0 aliphatic heterocycles. The Labute approximate surface area is 105 Å². The third-order valence-corrected chi connectivity index (χ3v) is 2.95. The fourth-order valence-electron chi connectivity index (χ4n) is 1.36. The maximum atomic E-state index is 13.2. The lowest BCUT2D eigenvalue weighted by atomic mass is 10.2. The molecule has 0 aliphatic carbocycles. The Morgan fingerprint density at radius 1 is 1.22 bits per heavy atom. The average Bonchev–Trinajstić information content (AvgIpc) is 2.24. The molecule has 2 N–H and O–H groups in total. The molecule has 0 unspecified atom stereocenters. The molecule has 1 aromatic carbocycles. The van der Waals surface area contributed by atoms with Gasteiger partial charge in [0, 0.05) is 24.7 Å². The highest BCUT2D eigenvalue weighted by Gasteiger charge is 2.03. The summed E-state index contributed by atoms with van der Waals surface area (Å²) in [5.41, 5.74) is 0.382. The van der Waals surface area contributed by atoms with Gasteiger partial charge < -0.3 is 5.32 Å². The van der Waals surface area contributed by atoms with Crippen LogP contribution in [0.1, 0.15) is 12.0 Å². The summed E-state index contributed by atoms with van der Waals surface area (Å²) < 4.78 is 49.7. The van der Waals surface area contributed by atoms with Crippen molar-refractivity contribution in [3.8, 4) is 0 Å². The van der Waals surface area contributed by atoms with Crippen molar-refractivity contribution in [2.75, 3.05) is 19.3 Å². The van der Waals surface area contributed by atoms with Gasteiger partial charge in [-0.05, 0) is 19.0 Å². The smallest absolute Gasteiger partial charge is 0.208 e. The Kier molecular flexibility index (Phi) is 5.64. The van der Waals surface area contributed by atoms with Crippen LogP contribution < -0.4 is 10.0 Å². The molecule has 0 amide bonds. The predicted octanol–water partition coefficient (Wildman–Crippen LogP) is 0.994. The van der Waals surface area contributed by atoms with Crippen molar-refractivity contribution in [3.63, 3.8) is 0 Å². The number of nitrogens with one attached hydrogen (secondary N) is 2. The third-order valence-electron chi connectivity index (χ3n) is 2.23. The Balaban J connectivity index is 2.22. The van der Waals surface area contributed by atoms with Crippen molar-refractivity contribution >= 4 is 10.0 Å². The van der Waals surface area contributed by atoms with Crippen molar-refractivity contribution in [2.24, 2.45) is 0 Å². The first-order valence-corrected chi connectivity index (χ1v) is 7.37. The molecule has 0 aromatic heterocycles. The Bertz CT molecular complexity index is 492. The summed E-state index contributed by atoms with van der Waals surface area (Å²) in [6.45, 7) is 1.15.